The van der Waals surface area contributed by atoms with Crippen molar-refractivity contribution in [2.24, 2.45) is 0 Å². The number of benzene rings is 9. The van der Waals surface area contributed by atoms with Crippen molar-refractivity contribution in [3.8, 4) is 0 Å². The van der Waals surface area contributed by atoms with E-state index in [1.807, 2.05) is 273 Å². The molecule has 0 radical (unpaired) electrons. The van der Waals surface area contributed by atoms with Gasteiger partial charge in [0.1, 0.15) is 73.2 Å². The van der Waals surface area contributed by atoms with Gasteiger partial charge in [0.25, 0.3) is 0 Å². The summed E-state index contributed by atoms with van der Waals surface area (Å²) in [5, 5.41) is 13.4. The fraction of sp³-hybridized carbons (Fsp3) is 0.333. The summed E-state index contributed by atoms with van der Waals surface area (Å²) < 4.78 is 106. The Balaban J connectivity index is 0.972. The standard InChI is InChI=1S/C84H90O16/c1-2-48-89-83-80(78(94-56-68-44-26-10-27-45-68)75(91-53-65-38-20-7-21-39-65)71(97-83)59-87-50-62-32-14-4-15-33-62)100-84-81(79(95-57-69-46-28-11-29-47-69)76(92-54-66-40-22-8-23-41-66)72(98-84)60-88-51-63-34-16-5-17-35-63)99-82-73(85)77(93-55-67-42-24-9-25-43-67)74(90-52-64-36-18-6-19-37-64)70(96-82)58-86-49-61-30-12-3-13-31-61/h2-47,70-85H,1,48-60H2/t70-,71-,72-,73+,74-,75-,76-,77-,78+,79+,80+,81+,82+,83+,84-/m1/s1. The predicted molar refractivity (Wildman–Crippen MR) is 376 cm³/mol. The average Bonchev–Trinajstić information content (AvgIpc) is 0.763. The van der Waals surface area contributed by atoms with Crippen molar-refractivity contribution in [3.05, 3.63) is 336 Å². The highest BCUT2D eigenvalue weighted by atomic mass is 16.8. The van der Waals surface area contributed by atoms with Crippen molar-refractivity contribution in [3.63, 3.8) is 0 Å². The van der Waals surface area contributed by atoms with Crippen LogP contribution in [0.2, 0.25) is 0 Å². The number of ether oxygens (including phenoxy) is 15. The van der Waals surface area contributed by atoms with Gasteiger partial charge in [-0.25, -0.2) is 0 Å². The van der Waals surface area contributed by atoms with Crippen LogP contribution in [0.25, 0.3) is 0 Å². The minimum atomic E-state index is -1.53. The molecule has 0 saturated carbocycles. The Morgan fingerprint density at radius 3 is 0.790 bits per heavy atom. The van der Waals surface area contributed by atoms with E-state index in [9.17, 15) is 5.11 Å². The molecule has 0 bridgehead atoms. The van der Waals surface area contributed by atoms with Crippen LogP contribution in [0.15, 0.2) is 286 Å². The first-order valence-corrected chi connectivity index (χ1v) is 34.4. The minimum absolute atomic E-state index is 0.000472. The SMILES string of the molecule is C=CCO[C@H]1O[C@H](COCc2ccccc2)[C@@H](OCc2ccccc2)[C@H](OCc2ccccc2)[C@@H]1O[C@H]1O[C@H](COCc2ccccc2)[C@@H](OCc2ccccc2)[C@H](OCc2ccccc2)[C@@H]1O[C@@H]1O[C@H](COCc2ccccc2)[C@@H](OCc2ccccc2)[C@H](OCc2ccccc2)[C@@H]1O. The maximum atomic E-state index is 13.4. The first-order valence-electron chi connectivity index (χ1n) is 34.4. The first-order chi connectivity index (χ1) is 49.5. The summed E-state index contributed by atoms with van der Waals surface area (Å²) in [6.45, 7) is 5.84. The molecule has 0 unspecified atom stereocenters. The van der Waals surface area contributed by atoms with Gasteiger partial charge in [-0.15, -0.1) is 6.58 Å². The van der Waals surface area contributed by atoms with E-state index in [-0.39, 0.29) is 79.3 Å². The fourth-order valence-electron chi connectivity index (χ4n) is 12.5. The Morgan fingerprint density at radius 1 is 0.260 bits per heavy atom. The topological polar surface area (TPSA) is 159 Å². The van der Waals surface area contributed by atoms with Crippen LogP contribution < -0.4 is 0 Å². The van der Waals surface area contributed by atoms with Crippen molar-refractivity contribution in [2.45, 2.75) is 152 Å². The van der Waals surface area contributed by atoms with Gasteiger partial charge >= 0.3 is 0 Å². The lowest BCUT2D eigenvalue weighted by molar-refractivity contribution is -0.404. The molecule has 16 nitrogen and oxygen atoms in total. The first kappa shape index (κ1) is 71.9. The largest absolute Gasteiger partial charge is 0.385 e. The molecular formula is C84H90O16. The maximum absolute atomic E-state index is 13.4. The van der Waals surface area contributed by atoms with Gasteiger partial charge in [0, 0.05) is 0 Å². The third kappa shape index (κ3) is 21.1. The summed E-state index contributed by atoms with van der Waals surface area (Å²) in [5.41, 5.74) is 8.27. The van der Waals surface area contributed by atoms with E-state index in [4.69, 9.17) is 71.1 Å². The van der Waals surface area contributed by atoms with Gasteiger partial charge in [-0.2, -0.15) is 0 Å². The van der Waals surface area contributed by atoms with Gasteiger partial charge in [-0.1, -0.05) is 279 Å². The van der Waals surface area contributed by atoms with E-state index >= 15 is 0 Å². The van der Waals surface area contributed by atoms with E-state index < -0.39 is 92.1 Å². The number of hydrogen-bond acceptors (Lipinski definition) is 16. The molecule has 9 aromatic carbocycles. The quantitative estimate of drug-likeness (QED) is 0.0366. The Labute approximate surface area is 587 Å². The van der Waals surface area contributed by atoms with E-state index in [0.29, 0.717) is 6.61 Å². The van der Waals surface area contributed by atoms with Crippen LogP contribution in [0.4, 0.5) is 0 Å². The number of hydrogen-bond donors (Lipinski definition) is 1. The smallest absolute Gasteiger partial charge is 0.187 e. The second-order valence-corrected chi connectivity index (χ2v) is 25.0. The second-order valence-electron chi connectivity index (χ2n) is 25.0. The third-order valence-electron chi connectivity index (χ3n) is 17.7. The summed E-state index contributed by atoms with van der Waals surface area (Å²) >= 11 is 0. The van der Waals surface area contributed by atoms with Crippen molar-refractivity contribution >= 4 is 0 Å². The highest BCUT2D eigenvalue weighted by molar-refractivity contribution is 5.21. The normalized spacial score (nSPS) is 25.3. The molecule has 12 rings (SSSR count). The van der Waals surface area contributed by atoms with Crippen molar-refractivity contribution in [2.75, 3.05) is 26.4 Å². The van der Waals surface area contributed by atoms with Crippen LogP contribution in [0.3, 0.4) is 0 Å². The molecule has 3 aliphatic rings. The van der Waals surface area contributed by atoms with Crippen molar-refractivity contribution in [1.82, 2.24) is 0 Å². The minimum Gasteiger partial charge on any atom is -0.385 e. The fourth-order valence-corrected chi connectivity index (χ4v) is 12.5. The van der Waals surface area contributed by atoms with E-state index in [0.717, 1.165) is 50.1 Å². The molecule has 9 aromatic rings. The monoisotopic (exact) mass is 1350 g/mol. The molecule has 3 aliphatic heterocycles. The molecule has 3 heterocycles. The van der Waals surface area contributed by atoms with Gasteiger partial charge < -0.3 is 76.2 Å². The highest BCUT2D eigenvalue weighted by Gasteiger charge is 2.57. The van der Waals surface area contributed by atoms with Crippen LogP contribution in [-0.2, 0) is 131 Å². The molecule has 16 heteroatoms. The van der Waals surface area contributed by atoms with Crippen LogP contribution in [0.1, 0.15) is 50.1 Å². The van der Waals surface area contributed by atoms with Crippen molar-refractivity contribution in [1.29, 1.82) is 0 Å². The molecule has 0 aromatic heterocycles. The summed E-state index contributed by atoms with van der Waals surface area (Å²) in [4.78, 5) is 0. The highest BCUT2D eigenvalue weighted by Crippen LogP contribution is 2.39. The molecular weight excluding hydrogens is 1260 g/mol. The molecule has 100 heavy (non-hydrogen) atoms. The lowest BCUT2D eigenvalue weighted by Crippen LogP contribution is -2.68. The Kier molecular flexibility index (Phi) is 27.9. The number of aliphatic hydroxyl groups excluding tert-OH is 1. The third-order valence-corrected chi connectivity index (χ3v) is 17.7. The zero-order valence-electron chi connectivity index (χ0n) is 56.2. The van der Waals surface area contributed by atoms with Crippen LogP contribution in [0.5, 0.6) is 0 Å². The van der Waals surface area contributed by atoms with Gasteiger partial charge in [0.15, 0.2) is 18.9 Å². The Hall–Kier alpha value is -7.92. The molecule has 15 atom stereocenters. The Morgan fingerprint density at radius 2 is 0.490 bits per heavy atom. The maximum Gasteiger partial charge on any atom is 0.187 e. The molecule has 0 amide bonds. The lowest BCUT2D eigenvalue weighted by Gasteiger charge is -2.51. The Bertz CT molecular complexity index is 3690. The van der Waals surface area contributed by atoms with E-state index in [2.05, 4.69) is 6.58 Å². The molecule has 1 N–H and O–H groups in total. The lowest BCUT2D eigenvalue weighted by atomic mass is 9.95. The second kappa shape index (κ2) is 38.8. The average molecular weight is 1360 g/mol. The summed E-state index contributed by atoms with van der Waals surface area (Å²) in [6.07, 6.45) is -15.0. The van der Waals surface area contributed by atoms with Gasteiger partial charge in [-0.05, 0) is 50.1 Å². The van der Waals surface area contributed by atoms with E-state index in [1.165, 1.54) is 0 Å². The zero-order valence-corrected chi connectivity index (χ0v) is 56.2. The summed E-state index contributed by atoms with van der Waals surface area (Å²) in [6, 6.07) is 89.0. The number of rotatable bonds is 37. The number of aliphatic hydroxyl groups is 1. The van der Waals surface area contributed by atoms with Crippen LogP contribution in [-0.4, -0.2) is 124 Å². The summed E-state index contributed by atoms with van der Waals surface area (Å²) in [7, 11) is 0. The van der Waals surface area contributed by atoms with Crippen LogP contribution >= 0.6 is 0 Å². The van der Waals surface area contributed by atoms with Crippen LogP contribution in [0, 0.1) is 0 Å². The van der Waals surface area contributed by atoms with Gasteiger partial charge in [0.05, 0.1) is 85.9 Å². The summed E-state index contributed by atoms with van der Waals surface area (Å²) in [5.74, 6) is 0. The van der Waals surface area contributed by atoms with Gasteiger partial charge in [-0.3, -0.25) is 0 Å². The van der Waals surface area contributed by atoms with E-state index in [1.54, 1.807) is 6.08 Å². The van der Waals surface area contributed by atoms with Gasteiger partial charge in [0.2, 0.25) is 0 Å². The molecule has 0 aliphatic carbocycles. The molecule has 0 spiro atoms. The predicted octanol–water partition coefficient (Wildman–Crippen LogP) is 13.7. The van der Waals surface area contributed by atoms with Crippen molar-refractivity contribution < 1.29 is 76.2 Å². The molecule has 3 saturated heterocycles. The molecule has 3 fully saturated rings. The zero-order chi connectivity index (χ0) is 68.2. The molecule has 522 valence electrons.